The molecule has 6 aromatic heterocycles. The van der Waals surface area contributed by atoms with Gasteiger partial charge in [-0.15, -0.1) is 0 Å². The van der Waals surface area contributed by atoms with Crippen LogP contribution >= 0.6 is 0 Å². The molecule has 6 heterocycles. The predicted octanol–water partition coefficient (Wildman–Crippen LogP) is 36.0. The average Bonchev–Trinajstić information content (AvgIpc) is 1.56. The molecule has 0 atom stereocenters. The van der Waals surface area contributed by atoms with Crippen molar-refractivity contribution in [1.82, 2.24) is 44.9 Å². The van der Waals surface area contributed by atoms with E-state index in [9.17, 15) is 0 Å². The van der Waals surface area contributed by atoms with E-state index in [0.717, 1.165) is 129 Å². The highest BCUT2D eigenvalue weighted by Gasteiger charge is 2.48. The Labute approximate surface area is 877 Å². The molecular weight excluding hydrogens is 1820 g/mol. The van der Waals surface area contributed by atoms with Crippen LogP contribution in [0.4, 0.5) is 0 Å². The molecule has 0 saturated heterocycles. The van der Waals surface area contributed by atoms with Gasteiger partial charge >= 0.3 is 0 Å². The monoisotopic (exact) mass is 1930 g/mol. The van der Waals surface area contributed by atoms with E-state index in [0.29, 0.717) is 5.82 Å². The van der Waals surface area contributed by atoms with Crippen molar-refractivity contribution in [2.24, 2.45) is 0 Å². The van der Waals surface area contributed by atoms with Crippen molar-refractivity contribution in [3.8, 4) is 213 Å². The summed E-state index contributed by atoms with van der Waals surface area (Å²) in [5.74, 6) is 2.15. The lowest BCUT2D eigenvalue weighted by molar-refractivity contribution is 0.353. The first kappa shape index (κ1) is 92.1. The van der Waals surface area contributed by atoms with Crippen molar-refractivity contribution >= 4 is 0 Å². The van der Waals surface area contributed by atoms with Crippen molar-refractivity contribution < 1.29 is 0 Å². The lowest BCUT2D eigenvalue weighted by Crippen LogP contribution is -2.27. The number of rotatable bonds is 16. The quantitative estimate of drug-likeness (QED) is 0.0932. The molecule has 0 aliphatic heterocycles. The molecule has 0 bridgehead atoms. The van der Waals surface area contributed by atoms with Crippen molar-refractivity contribution in [1.29, 1.82) is 0 Å². The minimum absolute atomic E-state index is 0.135. The van der Waals surface area contributed by atoms with Gasteiger partial charge in [0.15, 0.2) is 17.5 Å². The molecule has 22 aromatic rings. The van der Waals surface area contributed by atoms with Gasteiger partial charge < -0.3 is 0 Å². The maximum Gasteiger partial charge on any atom is 0.160 e. The molecule has 28 rings (SSSR count). The van der Waals surface area contributed by atoms with Crippen LogP contribution in [0.1, 0.15) is 130 Å². The maximum atomic E-state index is 5.16. The summed E-state index contributed by atoms with van der Waals surface area (Å²) < 4.78 is 0. The molecule has 9 nitrogen and oxygen atoms in total. The molecule has 0 amide bonds. The second-order valence-corrected chi connectivity index (χ2v) is 41.0. The molecule has 6 aliphatic rings. The minimum Gasteiger partial charge on any atom is -0.264 e. The van der Waals surface area contributed by atoms with E-state index in [-0.39, 0.29) is 16.2 Å². The van der Waals surface area contributed by atoms with E-state index in [1.54, 1.807) is 18.6 Å². The van der Waals surface area contributed by atoms with Gasteiger partial charge in [0.05, 0.1) is 34.2 Å². The first-order valence-electron chi connectivity index (χ1n) is 53.3. The summed E-state index contributed by atoms with van der Waals surface area (Å²) in [6, 6.07) is 159. The molecule has 9 heteroatoms. The van der Waals surface area contributed by atoms with Crippen LogP contribution in [0.2, 0.25) is 0 Å². The molecule has 0 N–H and O–H groups in total. The Bertz CT molecular complexity index is 8690. The van der Waals surface area contributed by atoms with Crippen molar-refractivity contribution in [3.63, 3.8) is 0 Å². The Morgan fingerprint density at radius 3 is 0.640 bits per heavy atom. The van der Waals surface area contributed by atoms with Crippen molar-refractivity contribution in [3.05, 3.63) is 513 Å². The molecule has 3 fully saturated rings. The third-order valence-corrected chi connectivity index (χ3v) is 32.5. The third kappa shape index (κ3) is 17.4. The van der Waals surface area contributed by atoms with Crippen LogP contribution in [-0.4, -0.2) is 44.9 Å². The van der Waals surface area contributed by atoms with Crippen LogP contribution in [0.25, 0.3) is 213 Å². The summed E-state index contributed by atoms with van der Waals surface area (Å²) in [5, 5.41) is 0. The van der Waals surface area contributed by atoms with Gasteiger partial charge in [0.1, 0.15) is 0 Å². The van der Waals surface area contributed by atoms with Crippen LogP contribution in [0.15, 0.2) is 480 Å². The Morgan fingerprint density at radius 2 is 0.353 bits per heavy atom. The molecule has 0 unspecified atom stereocenters. The average molecular weight is 1930 g/mol. The number of fused-ring (bicyclic) bond motifs is 15. The number of hydrogen-bond acceptors (Lipinski definition) is 9. The zero-order valence-electron chi connectivity index (χ0n) is 83.7. The fourth-order valence-corrected chi connectivity index (χ4v) is 25.1. The van der Waals surface area contributed by atoms with Crippen LogP contribution < -0.4 is 0 Å². The Morgan fingerprint density at radius 1 is 0.140 bits per heavy atom. The van der Waals surface area contributed by atoms with Gasteiger partial charge in [-0.1, -0.05) is 458 Å². The van der Waals surface area contributed by atoms with Crippen molar-refractivity contribution in [2.45, 2.75) is 113 Å². The number of benzene rings is 16. The molecule has 16 aromatic carbocycles. The predicted molar refractivity (Wildman–Crippen MR) is 614 cm³/mol. The highest BCUT2D eigenvalue weighted by atomic mass is 14.9. The highest BCUT2D eigenvalue weighted by molar-refractivity contribution is 5.97. The maximum absolute atomic E-state index is 5.16. The van der Waals surface area contributed by atoms with E-state index in [1.165, 1.54) is 208 Å². The summed E-state index contributed by atoms with van der Waals surface area (Å²) in [7, 11) is 0. The summed E-state index contributed by atoms with van der Waals surface area (Å²) >= 11 is 0. The second kappa shape index (κ2) is 40.2. The molecule has 3 spiro atoms. The summed E-state index contributed by atoms with van der Waals surface area (Å²) in [5.41, 5.74) is 49.6. The van der Waals surface area contributed by atoms with Gasteiger partial charge in [-0.2, -0.15) is 0 Å². The van der Waals surface area contributed by atoms with Gasteiger partial charge in [-0.25, -0.2) is 29.9 Å². The Hall–Kier alpha value is -17.8. The zero-order valence-corrected chi connectivity index (χ0v) is 83.7. The van der Waals surface area contributed by atoms with E-state index < -0.39 is 0 Å². The SMILES string of the molecule is c1ccc(-c2nc(-c3ccc(-c4ccc(-c5cccc6c5-c5ccccc5C65CCCCC5)cc4)cc3)cc(-c3ccc(-c4cccnc4)cc3)n2)cc1.c1ccc(-c2nc(-c3ccc(-c4cccnc4)cc3)cc(-c3ccc(-c4cccc5c4-c4ccccc4C54CCCCC4)cc3)n2)cc1.c1ccc(-c2nc(-c3ccc(-c4cccnc4)cc3)cc(-c3cccc(-c4cccc5c4-c4ccccc4C54CCCCC4)c3)n2)cc1. The van der Waals surface area contributed by atoms with E-state index in [1.807, 2.05) is 91.4 Å². The van der Waals surface area contributed by atoms with Crippen molar-refractivity contribution in [2.75, 3.05) is 0 Å². The number of aromatic nitrogens is 9. The molecular formula is C141H109N9. The summed E-state index contributed by atoms with van der Waals surface area (Å²) in [6.45, 7) is 0. The van der Waals surface area contributed by atoms with Gasteiger partial charge in [0, 0.05) is 103 Å². The molecule has 150 heavy (non-hydrogen) atoms. The van der Waals surface area contributed by atoms with Gasteiger partial charge in [-0.3, -0.25) is 15.0 Å². The van der Waals surface area contributed by atoms with Gasteiger partial charge in [0.25, 0.3) is 0 Å². The topological polar surface area (TPSA) is 116 Å². The lowest BCUT2D eigenvalue weighted by atomic mass is 9.68. The van der Waals surface area contributed by atoms with E-state index >= 15 is 0 Å². The van der Waals surface area contributed by atoms with Crippen LogP contribution in [0, 0.1) is 0 Å². The first-order valence-corrected chi connectivity index (χ1v) is 53.3. The lowest BCUT2D eigenvalue weighted by Gasteiger charge is -2.36. The number of nitrogens with zero attached hydrogens (tertiary/aromatic N) is 9. The fraction of sp³-hybridized carbons (Fsp3) is 0.128. The normalized spacial score (nSPS) is 14.3. The molecule has 718 valence electrons. The summed E-state index contributed by atoms with van der Waals surface area (Å²) in [4.78, 5) is 43.3. The molecule has 3 saturated carbocycles. The molecule has 6 aliphatic carbocycles. The molecule has 0 radical (unpaired) electrons. The largest absolute Gasteiger partial charge is 0.264 e. The standard InChI is InChI=1S/C51H39N3.2C45H35N3/c1-3-11-41(12-4-1)50-53-47(33-48(54-50)40-28-22-37(23-29-40)42-13-10-32-52-34-42)39-26-20-36(21-27-39)35-18-24-38(25-19-35)43-15-9-17-46-49(43)44-14-5-6-16-45(44)51(46)30-7-2-8-31-51;1-3-12-33(13-4-1)44-47-41(32-23-21-31(22-24-32)36-16-11-27-46-30-36)29-42(48-44)35-15-9-14-34(28-35)37-18-10-20-40-43(37)38-17-5-6-19-39(38)45(40)25-7-2-8-26-45;1-3-11-35(12-4-1)44-47-41(33-22-18-31(19-23-33)36-13-10-28-46-30-36)29-42(48-44)34-24-20-32(21-25-34)37-15-9-17-40-43(37)38-14-5-6-16-39(38)45(40)26-7-2-8-27-45/h1,3-6,9-29,32-34H,2,7-8,30-31H2;1,3-6,9-24,27-30H,2,7-8,25-26H2;1,3-6,9-25,28-30H,2,7-8,26-27H2. The number of hydrogen-bond donors (Lipinski definition) is 0. The Balaban J connectivity index is 0.000000114. The minimum atomic E-state index is 0.135. The van der Waals surface area contributed by atoms with Crippen LogP contribution in [0.5, 0.6) is 0 Å². The van der Waals surface area contributed by atoms with Crippen LogP contribution in [0.3, 0.4) is 0 Å². The van der Waals surface area contributed by atoms with E-state index in [4.69, 9.17) is 29.9 Å². The first-order chi connectivity index (χ1) is 74.3. The van der Waals surface area contributed by atoms with Gasteiger partial charge in [-0.05, 0) is 226 Å². The zero-order chi connectivity index (χ0) is 99.7. The summed E-state index contributed by atoms with van der Waals surface area (Å²) in [6.07, 6.45) is 30.3. The number of pyridine rings is 3. The smallest absolute Gasteiger partial charge is 0.160 e. The fourth-order valence-electron chi connectivity index (χ4n) is 25.1. The Kier molecular flexibility index (Phi) is 24.7. The van der Waals surface area contributed by atoms with Crippen LogP contribution in [-0.2, 0) is 16.2 Å². The third-order valence-electron chi connectivity index (χ3n) is 32.5. The van der Waals surface area contributed by atoms with E-state index in [2.05, 4.69) is 385 Å². The second-order valence-electron chi connectivity index (χ2n) is 41.0. The highest BCUT2D eigenvalue weighted by Crippen LogP contribution is 2.62. The van der Waals surface area contributed by atoms with Gasteiger partial charge in [0.2, 0.25) is 0 Å².